The number of hydrogen-bond acceptors (Lipinski definition) is 4. The molecule has 1 rings (SSSR count). The zero-order chi connectivity index (χ0) is 14.1. The summed E-state index contributed by atoms with van der Waals surface area (Å²) in [5, 5.41) is 6.06. The van der Waals surface area contributed by atoms with E-state index in [-0.39, 0.29) is 5.91 Å². The van der Waals surface area contributed by atoms with E-state index in [0.717, 1.165) is 18.8 Å². The topological polar surface area (TPSA) is 63.2 Å². The molecule has 2 N–H and O–H groups in total. The normalized spacial score (nSPS) is 11.9. The molecule has 0 radical (unpaired) electrons. The van der Waals surface area contributed by atoms with Gasteiger partial charge in [-0.15, -0.1) is 0 Å². The Balaban J connectivity index is 2.51. The molecule has 0 bridgehead atoms. The van der Waals surface area contributed by atoms with Crippen molar-refractivity contribution in [2.45, 2.75) is 20.3 Å². The van der Waals surface area contributed by atoms with Gasteiger partial charge in [0.25, 0.3) is 5.91 Å². The lowest BCUT2D eigenvalue weighted by Gasteiger charge is -2.12. The van der Waals surface area contributed by atoms with Gasteiger partial charge in [-0.3, -0.25) is 4.79 Å². The predicted molar refractivity (Wildman–Crippen MR) is 76.4 cm³/mol. The van der Waals surface area contributed by atoms with Gasteiger partial charge in [-0.25, -0.2) is 4.98 Å². The minimum atomic E-state index is -0.0788. The Morgan fingerprint density at radius 1 is 1.53 bits per heavy atom. The third-order valence-corrected chi connectivity index (χ3v) is 2.64. The number of anilines is 1. The Morgan fingerprint density at radius 3 is 3.00 bits per heavy atom. The summed E-state index contributed by atoms with van der Waals surface area (Å²) in [7, 11) is 1.66. The molecule has 5 nitrogen and oxygen atoms in total. The fourth-order valence-corrected chi connectivity index (χ4v) is 1.63. The first kappa shape index (κ1) is 15.4. The predicted octanol–water partition coefficient (Wildman–Crippen LogP) is 1.92. The summed E-state index contributed by atoms with van der Waals surface area (Å²) in [6, 6.07) is 3.49. The molecule has 0 fully saturated rings. The molecular weight excluding hydrogens is 242 g/mol. The molecule has 1 atom stereocenters. The highest BCUT2D eigenvalue weighted by atomic mass is 16.5. The monoisotopic (exact) mass is 265 g/mol. The minimum Gasteiger partial charge on any atom is -0.384 e. The third kappa shape index (κ3) is 5.70. The van der Waals surface area contributed by atoms with E-state index in [0.29, 0.717) is 24.6 Å². The van der Waals surface area contributed by atoms with E-state index in [1.807, 2.05) is 6.92 Å². The van der Waals surface area contributed by atoms with E-state index in [1.54, 1.807) is 25.4 Å². The van der Waals surface area contributed by atoms with Crippen molar-refractivity contribution >= 4 is 11.7 Å². The van der Waals surface area contributed by atoms with Gasteiger partial charge in [-0.05, 0) is 24.5 Å². The molecule has 0 aromatic carbocycles. The minimum absolute atomic E-state index is 0.0788. The third-order valence-electron chi connectivity index (χ3n) is 2.64. The van der Waals surface area contributed by atoms with Gasteiger partial charge in [0, 0.05) is 32.0 Å². The lowest BCUT2D eigenvalue weighted by Crippen LogP contribution is -2.29. The first-order valence-corrected chi connectivity index (χ1v) is 6.64. The maximum atomic E-state index is 12.0. The number of carbonyl (C=O) groups is 1. The Hall–Kier alpha value is -1.62. The van der Waals surface area contributed by atoms with Crippen LogP contribution in [0.2, 0.25) is 0 Å². The number of aromatic nitrogens is 1. The maximum Gasteiger partial charge on any atom is 0.251 e. The Bertz CT molecular complexity index is 396. The summed E-state index contributed by atoms with van der Waals surface area (Å²) in [6.07, 6.45) is 2.66. The van der Waals surface area contributed by atoms with Crippen molar-refractivity contribution in [2.75, 3.05) is 32.1 Å². The van der Waals surface area contributed by atoms with Crippen LogP contribution in [0.3, 0.4) is 0 Å². The molecule has 0 aliphatic heterocycles. The van der Waals surface area contributed by atoms with Crippen LogP contribution in [0, 0.1) is 5.92 Å². The summed E-state index contributed by atoms with van der Waals surface area (Å²) in [5.41, 5.74) is 0.623. The largest absolute Gasteiger partial charge is 0.384 e. The van der Waals surface area contributed by atoms with E-state index in [4.69, 9.17) is 4.74 Å². The molecule has 1 unspecified atom stereocenters. The summed E-state index contributed by atoms with van der Waals surface area (Å²) in [6.45, 7) is 6.21. The second-order valence-electron chi connectivity index (χ2n) is 4.63. The molecule has 5 heteroatoms. The van der Waals surface area contributed by atoms with Crippen LogP contribution in [0.25, 0.3) is 0 Å². The molecule has 1 aromatic heterocycles. The van der Waals surface area contributed by atoms with Crippen LogP contribution < -0.4 is 10.6 Å². The molecule has 19 heavy (non-hydrogen) atoms. The second kappa shape index (κ2) is 8.48. The average molecular weight is 265 g/mol. The quantitative estimate of drug-likeness (QED) is 0.753. The van der Waals surface area contributed by atoms with Crippen molar-refractivity contribution in [3.8, 4) is 0 Å². The number of nitrogens with zero attached hydrogens (tertiary/aromatic N) is 1. The molecule has 0 aliphatic carbocycles. The van der Waals surface area contributed by atoms with Gasteiger partial charge in [-0.2, -0.15) is 0 Å². The lowest BCUT2D eigenvalue weighted by atomic mass is 10.2. The van der Waals surface area contributed by atoms with Gasteiger partial charge < -0.3 is 15.4 Å². The summed E-state index contributed by atoms with van der Waals surface area (Å²) in [4.78, 5) is 16.1. The standard InChI is InChI=1S/C14H23N3O2/c1-4-6-15-13-8-12(5-7-16-13)14(18)17-9-11(2)10-19-3/h5,7-8,11H,4,6,9-10H2,1-3H3,(H,15,16)(H,17,18). The van der Waals surface area contributed by atoms with Gasteiger partial charge in [0.05, 0.1) is 6.61 Å². The van der Waals surface area contributed by atoms with Crippen molar-refractivity contribution in [3.05, 3.63) is 23.9 Å². The first-order valence-electron chi connectivity index (χ1n) is 6.64. The highest BCUT2D eigenvalue weighted by molar-refractivity contribution is 5.94. The molecule has 0 saturated heterocycles. The van der Waals surface area contributed by atoms with Gasteiger partial charge in [0.2, 0.25) is 0 Å². The van der Waals surface area contributed by atoms with E-state index in [2.05, 4.69) is 22.5 Å². The summed E-state index contributed by atoms with van der Waals surface area (Å²) < 4.78 is 5.03. The van der Waals surface area contributed by atoms with Crippen molar-refractivity contribution in [1.29, 1.82) is 0 Å². The second-order valence-corrected chi connectivity index (χ2v) is 4.63. The van der Waals surface area contributed by atoms with E-state index in [1.165, 1.54) is 0 Å². The van der Waals surface area contributed by atoms with E-state index in [9.17, 15) is 4.79 Å². The maximum absolute atomic E-state index is 12.0. The van der Waals surface area contributed by atoms with Crippen molar-refractivity contribution in [1.82, 2.24) is 10.3 Å². The van der Waals surface area contributed by atoms with Crippen LogP contribution in [0.1, 0.15) is 30.6 Å². The van der Waals surface area contributed by atoms with Crippen molar-refractivity contribution in [3.63, 3.8) is 0 Å². The zero-order valence-electron chi connectivity index (χ0n) is 11.9. The molecule has 1 heterocycles. The number of methoxy groups -OCH3 is 1. The number of pyridine rings is 1. The summed E-state index contributed by atoms with van der Waals surface area (Å²) in [5.74, 6) is 0.956. The number of carbonyl (C=O) groups excluding carboxylic acids is 1. The Labute approximate surface area is 114 Å². The van der Waals surface area contributed by atoms with Crippen LogP contribution in [-0.4, -0.2) is 37.7 Å². The van der Waals surface area contributed by atoms with Crippen LogP contribution in [0.5, 0.6) is 0 Å². The van der Waals surface area contributed by atoms with Gasteiger partial charge >= 0.3 is 0 Å². The fourth-order valence-electron chi connectivity index (χ4n) is 1.63. The van der Waals surface area contributed by atoms with E-state index >= 15 is 0 Å². The first-order chi connectivity index (χ1) is 9.17. The number of ether oxygens (including phenoxy) is 1. The Kier molecular flexibility index (Phi) is 6.89. The van der Waals surface area contributed by atoms with E-state index < -0.39 is 0 Å². The number of hydrogen-bond donors (Lipinski definition) is 2. The Morgan fingerprint density at radius 2 is 2.32 bits per heavy atom. The molecule has 1 aromatic rings. The zero-order valence-corrected chi connectivity index (χ0v) is 11.9. The van der Waals surface area contributed by atoms with Gasteiger partial charge in [0.15, 0.2) is 0 Å². The van der Waals surface area contributed by atoms with Crippen molar-refractivity contribution < 1.29 is 9.53 Å². The SMILES string of the molecule is CCCNc1cc(C(=O)NCC(C)COC)ccn1. The highest BCUT2D eigenvalue weighted by Gasteiger charge is 2.08. The molecule has 106 valence electrons. The van der Waals surface area contributed by atoms with Crippen LogP contribution in [0.15, 0.2) is 18.3 Å². The average Bonchev–Trinajstić information content (AvgIpc) is 2.43. The van der Waals surface area contributed by atoms with Crippen LogP contribution >= 0.6 is 0 Å². The molecule has 1 amide bonds. The number of nitrogens with one attached hydrogen (secondary N) is 2. The van der Waals surface area contributed by atoms with Crippen LogP contribution in [0.4, 0.5) is 5.82 Å². The number of rotatable bonds is 8. The smallest absolute Gasteiger partial charge is 0.251 e. The molecule has 0 aliphatic rings. The summed E-state index contributed by atoms with van der Waals surface area (Å²) >= 11 is 0. The van der Waals surface area contributed by atoms with Crippen molar-refractivity contribution in [2.24, 2.45) is 5.92 Å². The number of amides is 1. The van der Waals surface area contributed by atoms with Crippen LogP contribution in [-0.2, 0) is 4.74 Å². The van der Waals surface area contributed by atoms with Gasteiger partial charge in [-0.1, -0.05) is 13.8 Å². The molecule has 0 spiro atoms. The lowest BCUT2D eigenvalue weighted by molar-refractivity contribution is 0.0934. The molecular formula is C14H23N3O2. The molecule has 0 saturated carbocycles. The van der Waals surface area contributed by atoms with Gasteiger partial charge in [0.1, 0.15) is 5.82 Å². The highest BCUT2D eigenvalue weighted by Crippen LogP contribution is 2.07. The fraction of sp³-hybridized carbons (Fsp3) is 0.571.